The van der Waals surface area contributed by atoms with Crippen LogP contribution in [0.2, 0.25) is 0 Å². The van der Waals surface area contributed by atoms with Gasteiger partial charge in [0.1, 0.15) is 5.82 Å². The van der Waals surface area contributed by atoms with E-state index < -0.39 is 5.79 Å². The fraction of sp³-hybridized carbons (Fsp3) is 0.556. The molecule has 1 atom stereocenters. The van der Waals surface area contributed by atoms with Crippen LogP contribution in [-0.2, 0) is 9.47 Å². The summed E-state index contributed by atoms with van der Waals surface area (Å²) in [6.45, 7) is 6.81. The molecule has 3 heterocycles. The van der Waals surface area contributed by atoms with E-state index in [4.69, 9.17) is 14.0 Å². The molecule has 134 valence electrons. The van der Waals surface area contributed by atoms with Crippen molar-refractivity contribution in [2.75, 3.05) is 26.3 Å². The summed E-state index contributed by atoms with van der Waals surface area (Å²) in [5.41, 5.74) is 1.22. The predicted octanol–water partition coefficient (Wildman–Crippen LogP) is 3.08. The van der Waals surface area contributed by atoms with Gasteiger partial charge in [0.15, 0.2) is 5.79 Å². The molecule has 2 aliphatic heterocycles. The lowest BCUT2D eigenvalue weighted by Gasteiger charge is -2.39. The van der Waals surface area contributed by atoms with Crippen molar-refractivity contribution in [3.8, 4) is 11.4 Å². The largest absolute Gasteiger partial charge is 0.347 e. The molecule has 2 aliphatic rings. The van der Waals surface area contributed by atoms with Crippen molar-refractivity contribution in [3.63, 3.8) is 0 Å². The van der Waals surface area contributed by atoms with Gasteiger partial charge in [-0.25, -0.2) is 4.39 Å². The van der Waals surface area contributed by atoms with Crippen LogP contribution in [0, 0.1) is 12.7 Å². The molecule has 4 rings (SSSR count). The van der Waals surface area contributed by atoms with Crippen LogP contribution in [0.5, 0.6) is 0 Å². The van der Waals surface area contributed by atoms with Crippen LogP contribution in [0.1, 0.15) is 37.3 Å². The van der Waals surface area contributed by atoms with E-state index in [9.17, 15) is 4.39 Å². The molecule has 1 spiro atoms. The first-order valence-electron chi connectivity index (χ1n) is 8.68. The second-order valence-corrected chi connectivity index (χ2v) is 6.74. The van der Waals surface area contributed by atoms with Gasteiger partial charge in [0.25, 0.3) is 0 Å². The summed E-state index contributed by atoms with van der Waals surface area (Å²) in [7, 11) is 0. The third kappa shape index (κ3) is 3.19. The molecular weight excluding hydrogens is 325 g/mol. The minimum atomic E-state index is -0.393. The maximum Gasteiger partial charge on any atom is 0.244 e. The van der Waals surface area contributed by atoms with E-state index in [0.29, 0.717) is 36.1 Å². The zero-order valence-electron chi connectivity index (χ0n) is 14.5. The number of piperidine rings is 1. The minimum Gasteiger partial charge on any atom is -0.347 e. The second-order valence-electron chi connectivity index (χ2n) is 6.74. The van der Waals surface area contributed by atoms with E-state index in [1.165, 1.54) is 6.07 Å². The van der Waals surface area contributed by atoms with Crippen molar-refractivity contribution < 1.29 is 18.4 Å². The van der Waals surface area contributed by atoms with Gasteiger partial charge >= 0.3 is 0 Å². The van der Waals surface area contributed by atoms with Crippen LogP contribution >= 0.6 is 0 Å². The number of nitrogens with zero attached hydrogens (tertiary/aromatic N) is 3. The molecule has 2 saturated heterocycles. The van der Waals surface area contributed by atoms with Crippen molar-refractivity contribution in [2.24, 2.45) is 0 Å². The zero-order valence-corrected chi connectivity index (χ0v) is 14.5. The van der Waals surface area contributed by atoms with Crippen molar-refractivity contribution >= 4 is 0 Å². The Kier molecular flexibility index (Phi) is 4.31. The standard InChI is InChI=1S/C18H22FN3O3/c1-12-3-4-14(11-15(12)19)16-20-17(25-21-16)13(2)22-7-5-18(6-8-22)23-9-10-24-18/h3-4,11,13H,5-10H2,1-2H3/t13-/m1/s1. The number of ether oxygens (including phenoxy) is 2. The SMILES string of the molecule is Cc1ccc(-c2noc([C@@H](C)N3CCC4(CC3)OCCO4)n2)cc1F. The highest BCUT2D eigenvalue weighted by atomic mass is 19.1. The highest BCUT2D eigenvalue weighted by Crippen LogP contribution is 2.34. The summed E-state index contributed by atoms with van der Waals surface area (Å²) in [5, 5.41) is 4.02. The Balaban J connectivity index is 1.45. The molecule has 1 aromatic carbocycles. The average molecular weight is 347 g/mol. The Morgan fingerprint density at radius 1 is 1.20 bits per heavy atom. The minimum absolute atomic E-state index is 0.00435. The number of aryl methyl sites for hydroxylation is 1. The summed E-state index contributed by atoms with van der Waals surface area (Å²) in [6, 6.07) is 4.95. The molecule has 0 aliphatic carbocycles. The van der Waals surface area contributed by atoms with Gasteiger partial charge in [-0.2, -0.15) is 4.98 Å². The van der Waals surface area contributed by atoms with E-state index in [1.807, 2.05) is 6.92 Å². The van der Waals surface area contributed by atoms with Crippen LogP contribution in [0.3, 0.4) is 0 Å². The Hall–Kier alpha value is -1.83. The highest BCUT2D eigenvalue weighted by molar-refractivity contribution is 5.54. The van der Waals surface area contributed by atoms with Crippen molar-refractivity contribution in [1.82, 2.24) is 15.0 Å². The maximum atomic E-state index is 13.7. The first-order chi connectivity index (χ1) is 12.1. The molecule has 0 unspecified atom stereocenters. The number of rotatable bonds is 3. The lowest BCUT2D eigenvalue weighted by Crippen LogP contribution is -2.45. The summed E-state index contributed by atoms with van der Waals surface area (Å²) in [6.07, 6.45) is 1.67. The van der Waals surface area contributed by atoms with E-state index in [2.05, 4.69) is 15.0 Å². The molecule has 0 N–H and O–H groups in total. The Labute approximate surface area is 145 Å². The molecule has 6 nitrogen and oxygen atoms in total. The monoisotopic (exact) mass is 347 g/mol. The molecule has 2 fully saturated rings. The summed E-state index contributed by atoms with van der Waals surface area (Å²) >= 11 is 0. The topological polar surface area (TPSA) is 60.6 Å². The highest BCUT2D eigenvalue weighted by Gasteiger charge is 2.41. The molecule has 25 heavy (non-hydrogen) atoms. The lowest BCUT2D eigenvalue weighted by molar-refractivity contribution is -0.188. The smallest absolute Gasteiger partial charge is 0.244 e. The third-order valence-corrected chi connectivity index (χ3v) is 5.15. The van der Waals surface area contributed by atoms with E-state index in [0.717, 1.165) is 25.9 Å². The summed E-state index contributed by atoms with van der Waals surface area (Å²) in [5.74, 6) is 0.294. The Morgan fingerprint density at radius 3 is 2.60 bits per heavy atom. The molecule has 1 aromatic heterocycles. The molecular formula is C18H22FN3O3. The normalized spacial score (nSPS) is 21.7. The fourth-order valence-corrected chi connectivity index (χ4v) is 3.45. The van der Waals surface area contributed by atoms with Crippen LogP contribution < -0.4 is 0 Å². The number of likely N-dealkylation sites (tertiary alicyclic amines) is 1. The second kappa shape index (κ2) is 6.48. The number of hydrogen-bond donors (Lipinski definition) is 0. The van der Waals surface area contributed by atoms with Gasteiger partial charge in [0.05, 0.1) is 19.3 Å². The molecule has 7 heteroatoms. The number of aromatic nitrogens is 2. The van der Waals surface area contributed by atoms with Gasteiger partial charge in [-0.3, -0.25) is 4.90 Å². The third-order valence-electron chi connectivity index (χ3n) is 5.15. The Morgan fingerprint density at radius 2 is 1.92 bits per heavy atom. The van der Waals surface area contributed by atoms with Crippen LogP contribution in [-0.4, -0.2) is 47.1 Å². The Bertz CT molecular complexity index is 748. The zero-order chi connectivity index (χ0) is 17.4. The van der Waals surface area contributed by atoms with Gasteiger partial charge in [-0.05, 0) is 25.5 Å². The lowest BCUT2D eigenvalue weighted by atomic mass is 10.0. The molecule has 0 radical (unpaired) electrons. The number of halogens is 1. The van der Waals surface area contributed by atoms with Gasteiger partial charge in [-0.1, -0.05) is 17.3 Å². The average Bonchev–Trinajstić information content (AvgIpc) is 3.28. The van der Waals surface area contributed by atoms with Gasteiger partial charge in [0, 0.05) is 31.5 Å². The van der Waals surface area contributed by atoms with Gasteiger partial charge in [-0.15, -0.1) is 0 Å². The number of benzene rings is 1. The fourth-order valence-electron chi connectivity index (χ4n) is 3.45. The maximum absolute atomic E-state index is 13.7. The molecule has 0 saturated carbocycles. The first-order valence-corrected chi connectivity index (χ1v) is 8.68. The van der Waals surface area contributed by atoms with Crippen molar-refractivity contribution in [3.05, 3.63) is 35.5 Å². The predicted molar refractivity (Wildman–Crippen MR) is 88.3 cm³/mol. The van der Waals surface area contributed by atoms with E-state index in [1.54, 1.807) is 19.1 Å². The van der Waals surface area contributed by atoms with Crippen molar-refractivity contribution in [2.45, 2.75) is 38.5 Å². The van der Waals surface area contributed by atoms with E-state index >= 15 is 0 Å². The molecule has 0 bridgehead atoms. The van der Waals surface area contributed by atoms with Crippen molar-refractivity contribution in [1.29, 1.82) is 0 Å². The number of hydrogen-bond acceptors (Lipinski definition) is 6. The van der Waals surface area contributed by atoms with Crippen LogP contribution in [0.4, 0.5) is 4.39 Å². The van der Waals surface area contributed by atoms with E-state index in [-0.39, 0.29) is 11.9 Å². The van der Waals surface area contributed by atoms with Crippen LogP contribution in [0.15, 0.2) is 22.7 Å². The molecule has 2 aromatic rings. The quantitative estimate of drug-likeness (QED) is 0.850. The first kappa shape index (κ1) is 16.6. The van der Waals surface area contributed by atoms with Gasteiger partial charge in [0.2, 0.25) is 11.7 Å². The van der Waals surface area contributed by atoms with Crippen LogP contribution in [0.25, 0.3) is 11.4 Å². The van der Waals surface area contributed by atoms with Gasteiger partial charge < -0.3 is 14.0 Å². The molecule has 0 amide bonds. The summed E-state index contributed by atoms with van der Waals surface area (Å²) < 4.78 is 30.7. The summed E-state index contributed by atoms with van der Waals surface area (Å²) in [4.78, 5) is 6.75.